The zero-order chi connectivity index (χ0) is 18.2. The minimum Gasteiger partial charge on any atom is -0.340 e. The molecule has 1 aromatic carbocycles. The molecule has 5 nitrogen and oxygen atoms in total. The molecule has 0 radical (unpaired) electrons. The second kappa shape index (κ2) is 6.36. The molecule has 9 heteroatoms. The summed E-state index contributed by atoms with van der Waals surface area (Å²) in [6.45, 7) is 3.40. The van der Waals surface area contributed by atoms with Crippen molar-refractivity contribution < 1.29 is 13.2 Å². The van der Waals surface area contributed by atoms with E-state index in [0.29, 0.717) is 23.0 Å². The number of imidazole rings is 1. The summed E-state index contributed by atoms with van der Waals surface area (Å²) in [6, 6.07) is 5.08. The predicted octanol–water partition coefficient (Wildman–Crippen LogP) is 4.69. The number of halogens is 4. The third-order valence-electron chi connectivity index (χ3n) is 3.33. The Hall–Kier alpha value is -2.61. The minimum atomic E-state index is -4.48. The van der Waals surface area contributed by atoms with Gasteiger partial charge in [0.15, 0.2) is 0 Å². The maximum atomic E-state index is 13.2. The summed E-state index contributed by atoms with van der Waals surface area (Å²) < 4.78 is 41.2. The fourth-order valence-electron chi connectivity index (χ4n) is 2.30. The van der Waals surface area contributed by atoms with Crippen LogP contribution >= 0.6 is 11.6 Å². The first-order valence-corrected chi connectivity index (χ1v) is 7.60. The third-order valence-corrected chi connectivity index (χ3v) is 3.53. The van der Waals surface area contributed by atoms with E-state index in [4.69, 9.17) is 11.6 Å². The summed E-state index contributed by atoms with van der Waals surface area (Å²) >= 11 is 5.87. The van der Waals surface area contributed by atoms with Gasteiger partial charge in [0, 0.05) is 23.6 Å². The van der Waals surface area contributed by atoms with Crippen LogP contribution in [0.25, 0.3) is 5.69 Å². The van der Waals surface area contributed by atoms with Crippen LogP contribution in [0.2, 0.25) is 5.15 Å². The SMILES string of the molecule is Cc1cn(-c2cc(Nc3cc(Cl)nc(C)n3)cc(C(F)(F)F)c2)cn1. The molecule has 0 spiro atoms. The molecule has 0 atom stereocenters. The average molecular weight is 368 g/mol. The van der Waals surface area contributed by atoms with Gasteiger partial charge in [-0.2, -0.15) is 13.2 Å². The number of nitrogens with zero attached hydrogens (tertiary/aromatic N) is 4. The molecule has 3 aromatic rings. The standard InChI is InChI=1S/C16H13ClF3N5/c1-9-7-25(8-21-9)13-4-11(16(18,19)20)3-12(5-13)24-15-6-14(17)22-10(2)23-15/h3-8H,1-2H3,(H,22,23,24). The highest BCUT2D eigenvalue weighted by molar-refractivity contribution is 6.29. The molecule has 0 fully saturated rings. The molecule has 0 saturated carbocycles. The van der Waals surface area contributed by atoms with Crippen molar-refractivity contribution in [3.05, 3.63) is 59.0 Å². The van der Waals surface area contributed by atoms with Gasteiger partial charge < -0.3 is 9.88 Å². The first-order chi connectivity index (χ1) is 11.7. The number of nitrogens with one attached hydrogen (secondary N) is 1. The highest BCUT2D eigenvalue weighted by Gasteiger charge is 2.31. The van der Waals surface area contributed by atoms with Crippen LogP contribution in [0, 0.1) is 13.8 Å². The third kappa shape index (κ3) is 4.08. The van der Waals surface area contributed by atoms with Crippen LogP contribution in [-0.2, 0) is 6.18 Å². The van der Waals surface area contributed by atoms with Crippen LogP contribution in [0.15, 0.2) is 36.8 Å². The van der Waals surface area contributed by atoms with Crippen molar-refractivity contribution >= 4 is 23.1 Å². The Bertz CT molecular complexity index is 900. The second-order valence-corrected chi connectivity index (χ2v) is 5.82. The van der Waals surface area contributed by atoms with Crippen molar-refractivity contribution in [1.82, 2.24) is 19.5 Å². The summed E-state index contributed by atoms with van der Waals surface area (Å²) in [6.07, 6.45) is -1.38. The Labute approximate surface area is 146 Å². The van der Waals surface area contributed by atoms with Crippen molar-refractivity contribution in [2.75, 3.05) is 5.32 Å². The normalized spacial score (nSPS) is 11.6. The second-order valence-electron chi connectivity index (χ2n) is 5.44. The van der Waals surface area contributed by atoms with E-state index in [1.807, 2.05) is 0 Å². The van der Waals surface area contributed by atoms with Crippen molar-refractivity contribution in [1.29, 1.82) is 0 Å². The van der Waals surface area contributed by atoms with Gasteiger partial charge in [-0.15, -0.1) is 0 Å². The molecule has 2 aromatic heterocycles. The largest absolute Gasteiger partial charge is 0.416 e. The van der Waals surface area contributed by atoms with Crippen molar-refractivity contribution in [2.45, 2.75) is 20.0 Å². The fraction of sp³-hybridized carbons (Fsp3) is 0.188. The molecular formula is C16H13ClF3N5. The van der Waals surface area contributed by atoms with E-state index in [1.165, 1.54) is 17.0 Å². The van der Waals surface area contributed by atoms with Gasteiger partial charge in [-0.3, -0.25) is 0 Å². The number of hydrogen-bond donors (Lipinski definition) is 1. The summed E-state index contributed by atoms with van der Waals surface area (Å²) in [5, 5.41) is 3.05. The lowest BCUT2D eigenvalue weighted by molar-refractivity contribution is -0.137. The van der Waals surface area contributed by atoms with Crippen molar-refractivity contribution in [3.8, 4) is 5.69 Å². The molecule has 0 aliphatic rings. The molecule has 0 amide bonds. The summed E-state index contributed by atoms with van der Waals surface area (Å²) in [5.74, 6) is 0.719. The lowest BCUT2D eigenvalue weighted by Gasteiger charge is -2.14. The summed E-state index contributed by atoms with van der Waals surface area (Å²) in [5.41, 5.74) is 0.473. The van der Waals surface area contributed by atoms with Crippen LogP contribution in [0.5, 0.6) is 0 Å². The molecule has 0 aliphatic heterocycles. The quantitative estimate of drug-likeness (QED) is 0.682. The van der Waals surface area contributed by atoms with Crippen LogP contribution in [0.3, 0.4) is 0 Å². The molecule has 3 rings (SSSR count). The van der Waals surface area contributed by atoms with Crippen LogP contribution in [0.1, 0.15) is 17.1 Å². The van der Waals surface area contributed by atoms with E-state index < -0.39 is 11.7 Å². The minimum absolute atomic E-state index is 0.201. The molecule has 25 heavy (non-hydrogen) atoms. The Kier molecular flexibility index (Phi) is 4.38. The van der Waals surface area contributed by atoms with Crippen molar-refractivity contribution in [3.63, 3.8) is 0 Å². The maximum absolute atomic E-state index is 13.2. The first-order valence-electron chi connectivity index (χ1n) is 7.22. The monoisotopic (exact) mass is 367 g/mol. The number of aryl methyl sites for hydroxylation is 2. The molecule has 0 saturated heterocycles. The lowest BCUT2D eigenvalue weighted by atomic mass is 10.1. The zero-order valence-electron chi connectivity index (χ0n) is 13.3. The van der Waals surface area contributed by atoms with Gasteiger partial charge in [0.1, 0.15) is 16.8 Å². The van der Waals surface area contributed by atoms with Gasteiger partial charge in [-0.25, -0.2) is 15.0 Å². The maximum Gasteiger partial charge on any atom is 0.416 e. The van der Waals surface area contributed by atoms with E-state index in [0.717, 1.165) is 12.1 Å². The number of aromatic nitrogens is 4. The van der Waals surface area contributed by atoms with Gasteiger partial charge in [0.2, 0.25) is 0 Å². The van der Waals surface area contributed by atoms with Crippen LogP contribution in [-0.4, -0.2) is 19.5 Å². The molecule has 130 valence electrons. The van der Waals surface area contributed by atoms with E-state index in [-0.39, 0.29) is 10.8 Å². The molecule has 2 heterocycles. The van der Waals surface area contributed by atoms with E-state index in [9.17, 15) is 13.2 Å². The summed E-state index contributed by atoms with van der Waals surface area (Å²) in [4.78, 5) is 12.1. The Morgan fingerprint density at radius 3 is 2.44 bits per heavy atom. The number of hydrogen-bond acceptors (Lipinski definition) is 4. The zero-order valence-corrected chi connectivity index (χ0v) is 14.0. The van der Waals surface area contributed by atoms with Gasteiger partial charge in [0.25, 0.3) is 0 Å². The van der Waals surface area contributed by atoms with Gasteiger partial charge in [0.05, 0.1) is 17.6 Å². The van der Waals surface area contributed by atoms with E-state index in [2.05, 4.69) is 20.3 Å². The highest BCUT2D eigenvalue weighted by Crippen LogP contribution is 2.33. The fourth-order valence-corrected chi connectivity index (χ4v) is 2.53. The number of alkyl halides is 3. The van der Waals surface area contributed by atoms with Crippen LogP contribution in [0.4, 0.5) is 24.7 Å². The Morgan fingerprint density at radius 2 is 1.84 bits per heavy atom. The number of benzene rings is 1. The van der Waals surface area contributed by atoms with Gasteiger partial charge in [-0.1, -0.05) is 11.6 Å². The molecule has 0 unspecified atom stereocenters. The predicted molar refractivity (Wildman–Crippen MR) is 88.4 cm³/mol. The van der Waals surface area contributed by atoms with Crippen LogP contribution < -0.4 is 5.32 Å². The molecule has 0 aliphatic carbocycles. The summed E-state index contributed by atoms with van der Waals surface area (Å²) in [7, 11) is 0. The van der Waals surface area contributed by atoms with E-state index >= 15 is 0 Å². The van der Waals surface area contributed by atoms with Gasteiger partial charge >= 0.3 is 6.18 Å². The van der Waals surface area contributed by atoms with Crippen molar-refractivity contribution in [2.24, 2.45) is 0 Å². The molecule has 0 bridgehead atoms. The average Bonchev–Trinajstić information content (AvgIpc) is 2.91. The highest BCUT2D eigenvalue weighted by atomic mass is 35.5. The smallest absolute Gasteiger partial charge is 0.340 e. The topological polar surface area (TPSA) is 55.6 Å². The molecular weight excluding hydrogens is 355 g/mol. The lowest BCUT2D eigenvalue weighted by Crippen LogP contribution is -2.08. The number of anilines is 2. The van der Waals surface area contributed by atoms with E-state index in [1.54, 1.807) is 26.1 Å². The molecule has 1 N–H and O–H groups in total. The Morgan fingerprint density at radius 1 is 1.08 bits per heavy atom. The number of rotatable bonds is 3. The first kappa shape index (κ1) is 17.2. The Balaban J connectivity index is 2.06. The van der Waals surface area contributed by atoms with Gasteiger partial charge in [-0.05, 0) is 32.0 Å².